The van der Waals surface area contributed by atoms with Gasteiger partial charge in [-0.1, -0.05) is 0 Å². The van der Waals surface area contributed by atoms with E-state index in [0.717, 1.165) is 0 Å². The summed E-state index contributed by atoms with van der Waals surface area (Å²) in [5.41, 5.74) is 5.15. The number of carbonyl (C=O) groups is 2. The van der Waals surface area contributed by atoms with E-state index in [-0.39, 0.29) is 17.3 Å². The second-order valence-corrected chi connectivity index (χ2v) is 2.67. The van der Waals surface area contributed by atoms with Crippen molar-refractivity contribution < 1.29 is 9.59 Å². The van der Waals surface area contributed by atoms with Crippen LogP contribution < -0.4 is 11.1 Å². The van der Waals surface area contributed by atoms with Crippen LogP contribution in [0, 0.1) is 6.07 Å². The van der Waals surface area contributed by atoms with E-state index >= 15 is 0 Å². The predicted octanol–water partition coefficient (Wildman–Crippen LogP) is -0.931. The van der Waals surface area contributed by atoms with Crippen molar-refractivity contribution in [1.29, 1.82) is 0 Å². The van der Waals surface area contributed by atoms with E-state index in [1.165, 1.54) is 4.68 Å². The maximum Gasteiger partial charge on any atom is 0.270 e. The van der Waals surface area contributed by atoms with Gasteiger partial charge in [0.05, 0.1) is 6.07 Å². The lowest BCUT2D eigenvalue weighted by Gasteiger charge is -2.00. The van der Waals surface area contributed by atoms with Gasteiger partial charge in [-0.25, -0.2) is 0 Å². The molecule has 0 saturated heterocycles. The first-order valence-electron chi connectivity index (χ1n) is 4.10. The lowest BCUT2D eigenvalue weighted by molar-refractivity contribution is 0.0945. The van der Waals surface area contributed by atoms with Gasteiger partial charge in [-0.2, -0.15) is 5.10 Å². The Balaban J connectivity index is 2.98. The summed E-state index contributed by atoms with van der Waals surface area (Å²) in [4.78, 5) is 22.1. The molecule has 0 unspecified atom stereocenters. The highest BCUT2D eigenvalue weighted by Gasteiger charge is 2.15. The maximum absolute atomic E-state index is 11.3. The first-order chi connectivity index (χ1) is 6.56. The van der Waals surface area contributed by atoms with Crippen LogP contribution in [0.15, 0.2) is 0 Å². The fraction of sp³-hybridized carbons (Fsp3) is 0.375. The minimum absolute atomic E-state index is 0.0336. The van der Waals surface area contributed by atoms with E-state index in [0.29, 0.717) is 6.54 Å². The molecule has 0 atom stereocenters. The van der Waals surface area contributed by atoms with Gasteiger partial charge in [-0.15, -0.1) is 0 Å². The van der Waals surface area contributed by atoms with Gasteiger partial charge in [0.15, 0.2) is 5.69 Å². The second kappa shape index (κ2) is 3.91. The number of aromatic nitrogens is 2. The smallest absolute Gasteiger partial charge is 0.270 e. The third kappa shape index (κ3) is 1.90. The topological polar surface area (TPSA) is 90.0 Å². The van der Waals surface area contributed by atoms with Crippen molar-refractivity contribution in [2.45, 2.75) is 6.92 Å². The number of aryl methyl sites for hydroxylation is 1. The molecule has 14 heavy (non-hydrogen) atoms. The van der Waals surface area contributed by atoms with E-state index in [1.807, 2.05) is 0 Å². The molecule has 6 nitrogen and oxygen atoms in total. The number of amides is 2. The van der Waals surface area contributed by atoms with Crippen molar-refractivity contribution in [3.63, 3.8) is 0 Å². The summed E-state index contributed by atoms with van der Waals surface area (Å²) in [5.74, 6) is -1.02. The standard InChI is InChI=1S/C8H11N4O2/c1-3-10-8(14)6-4-5(7(9)13)11-12(6)2/h3H2,1-2H3,(H2,9,13)(H,10,14). The van der Waals surface area contributed by atoms with Crippen molar-refractivity contribution in [3.8, 4) is 0 Å². The minimum Gasteiger partial charge on any atom is -0.364 e. The minimum atomic E-state index is -0.698. The molecular formula is C8H11N4O2. The van der Waals surface area contributed by atoms with E-state index in [4.69, 9.17) is 5.73 Å². The predicted molar refractivity (Wildman–Crippen MR) is 48.6 cm³/mol. The molecule has 1 radical (unpaired) electrons. The Kier molecular flexibility index (Phi) is 2.85. The third-order valence-corrected chi connectivity index (χ3v) is 1.60. The molecule has 1 heterocycles. The summed E-state index contributed by atoms with van der Waals surface area (Å²) in [7, 11) is 1.55. The molecule has 2 amide bonds. The summed E-state index contributed by atoms with van der Waals surface area (Å²) < 4.78 is 1.27. The van der Waals surface area contributed by atoms with E-state index < -0.39 is 5.91 Å². The monoisotopic (exact) mass is 195 g/mol. The Hall–Kier alpha value is -1.85. The fourth-order valence-corrected chi connectivity index (χ4v) is 0.977. The molecule has 1 aromatic heterocycles. The molecule has 0 spiro atoms. The number of nitrogens with one attached hydrogen (secondary N) is 1. The zero-order valence-corrected chi connectivity index (χ0v) is 8.00. The third-order valence-electron chi connectivity index (χ3n) is 1.60. The van der Waals surface area contributed by atoms with E-state index in [9.17, 15) is 9.59 Å². The van der Waals surface area contributed by atoms with Crippen LogP contribution in [-0.4, -0.2) is 28.1 Å². The molecule has 0 saturated carbocycles. The number of carbonyl (C=O) groups excluding carboxylic acids is 2. The maximum atomic E-state index is 11.3. The van der Waals surface area contributed by atoms with Crippen LogP contribution in [0.2, 0.25) is 0 Å². The molecule has 0 aliphatic carbocycles. The Bertz CT molecular complexity index is 369. The van der Waals surface area contributed by atoms with Crippen molar-refractivity contribution in [2.24, 2.45) is 12.8 Å². The number of nitrogens with two attached hydrogens (primary N) is 1. The molecule has 0 aliphatic heterocycles. The zero-order valence-electron chi connectivity index (χ0n) is 8.00. The van der Waals surface area contributed by atoms with Gasteiger partial charge in [-0.05, 0) is 6.92 Å². The molecule has 6 heteroatoms. The van der Waals surface area contributed by atoms with Crippen molar-refractivity contribution >= 4 is 11.8 Å². The van der Waals surface area contributed by atoms with Gasteiger partial charge in [0.1, 0.15) is 5.69 Å². The lowest BCUT2D eigenvalue weighted by Crippen LogP contribution is -2.25. The summed E-state index contributed by atoms with van der Waals surface area (Å²) in [6.07, 6.45) is 0. The highest BCUT2D eigenvalue weighted by molar-refractivity contribution is 5.96. The highest BCUT2D eigenvalue weighted by Crippen LogP contribution is 2.00. The van der Waals surface area contributed by atoms with Gasteiger partial charge in [0.2, 0.25) is 0 Å². The number of primary amides is 1. The Labute approximate surface area is 81.1 Å². The van der Waals surface area contributed by atoms with Crippen molar-refractivity contribution in [2.75, 3.05) is 6.54 Å². The van der Waals surface area contributed by atoms with Gasteiger partial charge in [0.25, 0.3) is 11.8 Å². The first kappa shape index (κ1) is 10.2. The molecule has 1 rings (SSSR count). The fourth-order valence-electron chi connectivity index (χ4n) is 0.977. The number of nitrogens with zero attached hydrogens (tertiary/aromatic N) is 2. The average Bonchev–Trinajstić information content (AvgIpc) is 2.48. The van der Waals surface area contributed by atoms with Crippen LogP contribution in [0.4, 0.5) is 0 Å². The van der Waals surface area contributed by atoms with Crippen molar-refractivity contribution in [3.05, 3.63) is 17.5 Å². The summed E-state index contributed by atoms with van der Waals surface area (Å²) in [6, 6.07) is 2.53. The summed E-state index contributed by atoms with van der Waals surface area (Å²) in [6.45, 7) is 2.30. The van der Waals surface area contributed by atoms with Crippen LogP contribution in [0.5, 0.6) is 0 Å². The lowest BCUT2D eigenvalue weighted by atomic mass is 10.3. The van der Waals surface area contributed by atoms with Gasteiger partial charge in [-0.3, -0.25) is 14.3 Å². The average molecular weight is 195 g/mol. The van der Waals surface area contributed by atoms with E-state index in [1.54, 1.807) is 14.0 Å². The molecule has 0 aliphatic rings. The SMILES string of the molecule is CCNC(=O)c1[c]c(C(N)=O)nn1C. The zero-order chi connectivity index (χ0) is 10.7. The Morgan fingerprint density at radius 2 is 2.29 bits per heavy atom. The summed E-state index contributed by atoms with van der Waals surface area (Å²) >= 11 is 0. The molecular weight excluding hydrogens is 184 g/mol. The van der Waals surface area contributed by atoms with Gasteiger partial charge in [0, 0.05) is 13.6 Å². The second-order valence-electron chi connectivity index (χ2n) is 2.67. The highest BCUT2D eigenvalue weighted by atomic mass is 16.2. The summed E-state index contributed by atoms with van der Waals surface area (Å²) in [5, 5.41) is 6.31. The van der Waals surface area contributed by atoms with E-state index in [2.05, 4.69) is 16.5 Å². The largest absolute Gasteiger partial charge is 0.364 e. The quantitative estimate of drug-likeness (QED) is 0.652. The molecule has 0 aromatic carbocycles. The number of hydrogen-bond acceptors (Lipinski definition) is 3. The van der Waals surface area contributed by atoms with Crippen molar-refractivity contribution in [1.82, 2.24) is 15.1 Å². The molecule has 0 fully saturated rings. The molecule has 1 aromatic rings. The van der Waals surface area contributed by atoms with Crippen LogP contribution >= 0.6 is 0 Å². The Morgan fingerprint density at radius 3 is 2.71 bits per heavy atom. The van der Waals surface area contributed by atoms with Gasteiger partial charge >= 0.3 is 0 Å². The van der Waals surface area contributed by atoms with Gasteiger partial charge < -0.3 is 11.1 Å². The van der Waals surface area contributed by atoms with Crippen LogP contribution in [-0.2, 0) is 7.05 Å². The number of rotatable bonds is 3. The molecule has 75 valence electrons. The van der Waals surface area contributed by atoms with Crippen LogP contribution in [0.1, 0.15) is 27.9 Å². The Morgan fingerprint density at radius 1 is 1.64 bits per heavy atom. The van der Waals surface area contributed by atoms with Crippen LogP contribution in [0.3, 0.4) is 0 Å². The van der Waals surface area contributed by atoms with Crippen LogP contribution in [0.25, 0.3) is 0 Å². The molecule has 0 bridgehead atoms. The number of hydrogen-bond donors (Lipinski definition) is 2. The normalized spacial score (nSPS) is 9.86. The first-order valence-corrected chi connectivity index (χ1v) is 4.10. The molecule has 3 N–H and O–H groups in total.